The van der Waals surface area contributed by atoms with E-state index in [9.17, 15) is 18.0 Å². The normalized spacial score (nSPS) is 11.3. The minimum atomic E-state index is -4.82. The molecule has 0 amide bonds. The zero-order chi connectivity index (χ0) is 12.3. The van der Waals surface area contributed by atoms with Crippen molar-refractivity contribution in [1.29, 1.82) is 0 Å². The molecular formula is C10H8ClF3O2. The molecule has 1 aromatic rings. The highest BCUT2D eigenvalue weighted by Gasteiger charge is 2.33. The van der Waals surface area contributed by atoms with Crippen molar-refractivity contribution in [2.45, 2.75) is 13.3 Å². The number of carbonyl (C=O) groups is 1. The van der Waals surface area contributed by atoms with Crippen LogP contribution in [0.3, 0.4) is 0 Å². The second kappa shape index (κ2) is 4.74. The Kier molecular flexibility index (Phi) is 3.80. The van der Waals surface area contributed by atoms with Crippen molar-refractivity contribution >= 4 is 17.4 Å². The molecule has 88 valence electrons. The van der Waals surface area contributed by atoms with Gasteiger partial charge in [0.15, 0.2) is 5.78 Å². The smallest absolute Gasteiger partial charge is 0.405 e. The maximum absolute atomic E-state index is 12.1. The largest absolute Gasteiger partial charge is 0.573 e. The first kappa shape index (κ1) is 12.8. The first-order chi connectivity index (χ1) is 7.35. The summed E-state index contributed by atoms with van der Waals surface area (Å²) >= 11 is 5.32. The van der Waals surface area contributed by atoms with Gasteiger partial charge < -0.3 is 4.74 Å². The van der Waals surface area contributed by atoms with E-state index < -0.39 is 17.9 Å². The summed E-state index contributed by atoms with van der Waals surface area (Å²) in [5.74, 6) is -1.50. The summed E-state index contributed by atoms with van der Waals surface area (Å²) in [5, 5.41) is 0. The molecule has 0 aliphatic rings. The highest BCUT2D eigenvalue weighted by Crippen LogP contribution is 2.28. The van der Waals surface area contributed by atoms with E-state index in [-0.39, 0.29) is 11.4 Å². The van der Waals surface area contributed by atoms with E-state index >= 15 is 0 Å². The molecular weight excluding hydrogens is 245 g/mol. The third-order valence-corrected chi connectivity index (χ3v) is 2.10. The van der Waals surface area contributed by atoms with Gasteiger partial charge in [0.25, 0.3) is 0 Å². The highest BCUT2D eigenvalue weighted by molar-refractivity contribution is 6.31. The number of alkyl halides is 4. The van der Waals surface area contributed by atoms with Crippen molar-refractivity contribution in [3.63, 3.8) is 0 Å². The molecule has 0 aliphatic carbocycles. The molecule has 16 heavy (non-hydrogen) atoms. The fraction of sp³-hybridized carbons (Fsp3) is 0.300. The fourth-order valence-electron chi connectivity index (χ4n) is 1.27. The van der Waals surface area contributed by atoms with Gasteiger partial charge in [0, 0.05) is 0 Å². The van der Waals surface area contributed by atoms with Gasteiger partial charge in [-0.25, -0.2) is 0 Å². The molecule has 0 unspecified atom stereocenters. The van der Waals surface area contributed by atoms with Crippen LogP contribution in [0, 0.1) is 6.92 Å². The number of halogens is 4. The van der Waals surface area contributed by atoms with Gasteiger partial charge in [-0.2, -0.15) is 0 Å². The molecule has 0 radical (unpaired) electrons. The Morgan fingerprint density at radius 1 is 1.44 bits per heavy atom. The number of Topliss-reactive ketones (excluding diaryl/α,β-unsaturated/α-hetero) is 1. The molecule has 0 spiro atoms. The van der Waals surface area contributed by atoms with Gasteiger partial charge in [0.05, 0.1) is 11.4 Å². The Balaban J connectivity index is 3.18. The molecule has 0 saturated heterocycles. The van der Waals surface area contributed by atoms with Gasteiger partial charge in [-0.1, -0.05) is 12.1 Å². The van der Waals surface area contributed by atoms with Crippen LogP contribution in [0.25, 0.3) is 0 Å². The Morgan fingerprint density at radius 2 is 2.06 bits per heavy atom. The first-order valence-electron chi connectivity index (χ1n) is 4.29. The van der Waals surface area contributed by atoms with Crippen LogP contribution in [0.1, 0.15) is 15.9 Å². The van der Waals surface area contributed by atoms with Crippen LogP contribution in [0.4, 0.5) is 13.2 Å². The summed E-state index contributed by atoms with van der Waals surface area (Å²) in [4.78, 5) is 11.4. The van der Waals surface area contributed by atoms with Crippen molar-refractivity contribution in [3.8, 4) is 5.75 Å². The average Bonchev–Trinajstić information content (AvgIpc) is 2.14. The number of hydrogen-bond donors (Lipinski definition) is 0. The minimum Gasteiger partial charge on any atom is -0.405 e. The van der Waals surface area contributed by atoms with Crippen molar-refractivity contribution in [2.75, 3.05) is 5.88 Å². The topological polar surface area (TPSA) is 26.3 Å². The van der Waals surface area contributed by atoms with Gasteiger partial charge >= 0.3 is 6.36 Å². The Labute approximate surface area is 95.0 Å². The molecule has 0 N–H and O–H groups in total. The van der Waals surface area contributed by atoms with E-state index in [1.54, 1.807) is 0 Å². The molecule has 1 rings (SSSR count). The summed E-state index contributed by atoms with van der Waals surface area (Å²) in [6.07, 6.45) is -4.82. The molecule has 0 fully saturated rings. The van der Waals surface area contributed by atoms with Gasteiger partial charge in [-0.05, 0) is 18.6 Å². The lowest BCUT2D eigenvalue weighted by atomic mass is 10.0. The zero-order valence-electron chi connectivity index (χ0n) is 8.27. The standard InChI is InChI=1S/C10H8ClF3O2/c1-6-3-2-4-8(16-10(12,13)14)9(6)7(15)5-11/h2-4H,5H2,1H3. The first-order valence-corrected chi connectivity index (χ1v) is 4.83. The van der Waals surface area contributed by atoms with Crippen molar-refractivity contribution < 1.29 is 22.7 Å². The number of ether oxygens (including phenoxy) is 1. The Hall–Kier alpha value is -1.23. The van der Waals surface area contributed by atoms with E-state index in [0.717, 1.165) is 6.07 Å². The maximum atomic E-state index is 12.1. The lowest BCUT2D eigenvalue weighted by Gasteiger charge is -2.13. The summed E-state index contributed by atoms with van der Waals surface area (Å²) in [7, 11) is 0. The van der Waals surface area contributed by atoms with Crippen LogP contribution < -0.4 is 4.74 Å². The quantitative estimate of drug-likeness (QED) is 0.609. The number of hydrogen-bond acceptors (Lipinski definition) is 2. The molecule has 2 nitrogen and oxygen atoms in total. The van der Waals surface area contributed by atoms with Crippen molar-refractivity contribution in [2.24, 2.45) is 0 Å². The number of aryl methyl sites for hydroxylation is 1. The van der Waals surface area contributed by atoms with Gasteiger partial charge in [-0.3, -0.25) is 4.79 Å². The number of benzene rings is 1. The second-order valence-electron chi connectivity index (χ2n) is 3.05. The predicted molar refractivity (Wildman–Crippen MR) is 52.9 cm³/mol. The van der Waals surface area contributed by atoms with Crippen LogP contribution in [-0.4, -0.2) is 18.0 Å². The Morgan fingerprint density at radius 3 is 2.56 bits per heavy atom. The van der Waals surface area contributed by atoms with E-state index in [4.69, 9.17) is 11.6 Å². The SMILES string of the molecule is Cc1cccc(OC(F)(F)F)c1C(=O)CCl. The monoisotopic (exact) mass is 252 g/mol. The summed E-state index contributed by atoms with van der Waals surface area (Å²) in [6.45, 7) is 1.52. The summed E-state index contributed by atoms with van der Waals surface area (Å²) in [6, 6.07) is 3.98. The zero-order valence-corrected chi connectivity index (χ0v) is 9.02. The van der Waals surface area contributed by atoms with Gasteiger partial charge in [-0.15, -0.1) is 24.8 Å². The van der Waals surface area contributed by atoms with Crippen LogP contribution in [0.5, 0.6) is 5.75 Å². The summed E-state index contributed by atoms with van der Waals surface area (Å²) < 4.78 is 39.9. The lowest BCUT2D eigenvalue weighted by molar-refractivity contribution is -0.274. The van der Waals surface area contributed by atoms with Gasteiger partial charge in [0.1, 0.15) is 5.75 Å². The van der Waals surface area contributed by atoms with Crippen LogP contribution in [0.2, 0.25) is 0 Å². The lowest BCUT2D eigenvalue weighted by Crippen LogP contribution is -2.19. The molecule has 0 heterocycles. The Bertz CT molecular complexity index is 402. The summed E-state index contributed by atoms with van der Waals surface area (Å²) in [5.41, 5.74) is 0.266. The van der Waals surface area contributed by atoms with E-state index in [0.29, 0.717) is 5.56 Å². The van der Waals surface area contributed by atoms with E-state index in [1.165, 1.54) is 19.1 Å². The van der Waals surface area contributed by atoms with E-state index in [2.05, 4.69) is 4.74 Å². The molecule has 0 saturated carbocycles. The van der Waals surface area contributed by atoms with Gasteiger partial charge in [0.2, 0.25) is 0 Å². The van der Waals surface area contributed by atoms with Crippen LogP contribution in [-0.2, 0) is 0 Å². The van der Waals surface area contributed by atoms with Crippen molar-refractivity contribution in [1.82, 2.24) is 0 Å². The molecule has 1 aromatic carbocycles. The average molecular weight is 253 g/mol. The molecule has 0 aliphatic heterocycles. The predicted octanol–water partition coefficient (Wildman–Crippen LogP) is 3.32. The maximum Gasteiger partial charge on any atom is 0.573 e. The minimum absolute atomic E-state index is 0.130. The molecule has 0 bridgehead atoms. The third-order valence-electron chi connectivity index (χ3n) is 1.86. The third kappa shape index (κ3) is 3.13. The van der Waals surface area contributed by atoms with Crippen LogP contribution >= 0.6 is 11.6 Å². The molecule has 6 heteroatoms. The number of rotatable bonds is 3. The van der Waals surface area contributed by atoms with E-state index in [1.807, 2.05) is 0 Å². The number of ketones is 1. The fourth-order valence-corrected chi connectivity index (χ4v) is 1.41. The molecule has 0 atom stereocenters. The molecule has 0 aromatic heterocycles. The number of carbonyl (C=O) groups excluding carboxylic acids is 1. The van der Waals surface area contributed by atoms with Crippen molar-refractivity contribution in [3.05, 3.63) is 29.3 Å². The second-order valence-corrected chi connectivity index (χ2v) is 3.32. The highest BCUT2D eigenvalue weighted by atomic mass is 35.5. The van der Waals surface area contributed by atoms with Crippen LogP contribution in [0.15, 0.2) is 18.2 Å².